The van der Waals surface area contributed by atoms with Crippen molar-refractivity contribution in [1.29, 1.82) is 0 Å². The second kappa shape index (κ2) is 5.37. The van der Waals surface area contributed by atoms with Crippen LogP contribution in [0.3, 0.4) is 0 Å². The van der Waals surface area contributed by atoms with Crippen molar-refractivity contribution in [3.05, 3.63) is 29.3 Å². The van der Waals surface area contributed by atoms with Crippen LogP contribution in [-0.2, 0) is 14.8 Å². The number of ether oxygens (including phenoxy) is 1. The fourth-order valence-electron chi connectivity index (χ4n) is 1.04. The highest BCUT2D eigenvalue weighted by atomic mass is 35.5. The zero-order chi connectivity index (χ0) is 13.1. The van der Waals surface area contributed by atoms with Crippen LogP contribution in [0.25, 0.3) is 0 Å². The number of hydrogen-bond acceptors (Lipinski definition) is 4. The van der Waals surface area contributed by atoms with Gasteiger partial charge in [0.1, 0.15) is 5.75 Å². The molecule has 1 unspecified atom stereocenters. The van der Waals surface area contributed by atoms with Gasteiger partial charge in [-0.15, -0.1) is 0 Å². The molecule has 17 heavy (non-hydrogen) atoms. The summed E-state index contributed by atoms with van der Waals surface area (Å²) in [4.78, 5) is 11.4. The van der Waals surface area contributed by atoms with E-state index < -0.39 is 22.0 Å². The normalized spacial score (nSPS) is 12.9. The van der Waals surface area contributed by atoms with Crippen molar-refractivity contribution in [2.24, 2.45) is 0 Å². The lowest BCUT2D eigenvalue weighted by atomic mass is 10.3. The fraction of sp³-hybridized carbons (Fsp3) is 0.300. The highest BCUT2D eigenvalue weighted by Crippen LogP contribution is 2.16. The molecule has 0 aliphatic heterocycles. The Kier molecular flexibility index (Phi) is 4.36. The molecule has 1 N–H and O–H groups in total. The van der Waals surface area contributed by atoms with E-state index in [1.54, 1.807) is 24.3 Å². The molecule has 0 aliphatic carbocycles. The van der Waals surface area contributed by atoms with E-state index in [0.717, 1.165) is 6.26 Å². The van der Waals surface area contributed by atoms with Gasteiger partial charge >= 0.3 is 0 Å². The third kappa shape index (κ3) is 5.06. The van der Waals surface area contributed by atoms with Crippen LogP contribution in [0.15, 0.2) is 24.3 Å². The first-order chi connectivity index (χ1) is 7.78. The van der Waals surface area contributed by atoms with Crippen LogP contribution in [0.5, 0.6) is 5.75 Å². The molecule has 94 valence electrons. The molecule has 0 heterocycles. The Hall–Kier alpha value is -1.27. The lowest BCUT2D eigenvalue weighted by molar-refractivity contribution is -0.125. The van der Waals surface area contributed by atoms with E-state index in [9.17, 15) is 13.2 Å². The van der Waals surface area contributed by atoms with Gasteiger partial charge in [0.05, 0.1) is 6.26 Å². The summed E-state index contributed by atoms with van der Waals surface area (Å²) < 4.78 is 28.8. The molecule has 0 fully saturated rings. The Morgan fingerprint density at radius 1 is 1.35 bits per heavy atom. The van der Waals surface area contributed by atoms with Crippen molar-refractivity contribution in [2.75, 3.05) is 6.26 Å². The highest BCUT2D eigenvalue weighted by molar-refractivity contribution is 7.89. The molecule has 0 spiro atoms. The molecule has 0 radical (unpaired) electrons. The van der Waals surface area contributed by atoms with Crippen molar-refractivity contribution in [3.8, 4) is 5.75 Å². The van der Waals surface area contributed by atoms with E-state index in [-0.39, 0.29) is 0 Å². The van der Waals surface area contributed by atoms with Crippen LogP contribution in [-0.4, -0.2) is 26.7 Å². The molecule has 1 aromatic rings. The number of amides is 1. The third-order valence-electron chi connectivity index (χ3n) is 1.78. The van der Waals surface area contributed by atoms with Gasteiger partial charge in [-0.3, -0.25) is 9.52 Å². The minimum Gasteiger partial charge on any atom is -0.481 e. The van der Waals surface area contributed by atoms with Crippen molar-refractivity contribution in [3.63, 3.8) is 0 Å². The van der Waals surface area contributed by atoms with Crippen LogP contribution in [0.4, 0.5) is 0 Å². The molecular formula is C10H12ClNO4S. The summed E-state index contributed by atoms with van der Waals surface area (Å²) in [6.07, 6.45) is -0.00851. The maximum atomic E-state index is 11.4. The summed E-state index contributed by atoms with van der Waals surface area (Å²) >= 11 is 5.68. The average Bonchev–Trinajstić information content (AvgIpc) is 2.19. The number of hydrogen-bond donors (Lipinski definition) is 1. The first-order valence-corrected chi connectivity index (χ1v) is 6.99. The molecule has 0 bridgehead atoms. The molecule has 7 heteroatoms. The highest BCUT2D eigenvalue weighted by Gasteiger charge is 2.18. The Morgan fingerprint density at radius 3 is 2.35 bits per heavy atom. The first kappa shape index (κ1) is 13.8. The van der Waals surface area contributed by atoms with E-state index in [1.807, 2.05) is 4.72 Å². The summed E-state index contributed by atoms with van der Waals surface area (Å²) in [5.41, 5.74) is 0. The van der Waals surface area contributed by atoms with E-state index in [0.29, 0.717) is 10.8 Å². The van der Waals surface area contributed by atoms with Crippen molar-refractivity contribution in [2.45, 2.75) is 13.0 Å². The van der Waals surface area contributed by atoms with Crippen LogP contribution in [0, 0.1) is 0 Å². The van der Waals surface area contributed by atoms with Crippen LogP contribution in [0.2, 0.25) is 5.02 Å². The summed E-state index contributed by atoms with van der Waals surface area (Å²) in [6.45, 7) is 1.45. The zero-order valence-electron chi connectivity index (χ0n) is 9.31. The van der Waals surface area contributed by atoms with Crippen molar-refractivity contribution in [1.82, 2.24) is 4.72 Å². The van der Waals surface area contributed by atoms with Crippen LogP contribution in [0.1, 0.15) is 6.92 Å². The van der Waals surface area contributed by atoms with Gasteiger partial charge in [-0.05, 0) is 31.2 Å². The van der Waals surface area contributed by atoms with Gasteiger partial charge in [0.25, 0.3) is 5.91 Å². The van der Waals surface area contributed by atoms with Gasteiger partial charge in [0.15, 0.2) is 6.10 Å². The monoisotopic (exact) mass is 277 g/mol. The third-order valence-corrected chi connectivity index (χ3v) is 2.61. The predicted molar refractivity (Wildman–Crippen MR) is 64.5 cm³/mol. The van der Waals surface area contributed by atoms with E-state index >= 15 is 0 Å². The van der Waals surface area contributed by atoms with Gasteiger partial charge in [0, 0.05) is 5.02 Å². The van der Waals surface area contributed by atoms with Crippen molar-refractivity contribution < 1.29 is 17.9 Å². The summed E-state index contributed by atoms with van der Waals surface area (Å²) in [6, 6.07) is 6.40. The van der Waals surface area contributed by atoms with Gasteiger partial charge in [-0.25, -0.2) is 8.42 Å². The molecule has 1 atom stereocenters. The maximum Gasteiger partial charge on any atom is 0.274 e. The van der Waals surface area contributed by atoms with Crippen LogP contribution >= 0.6 is 11.6 Å². The zero-order valence-corrected chi connectivity index (χ0v) is 10.9. The lowest BCUT2D eigenvalue weighted by Gasteiger charge is -2.13. The molecule has 0 saturated carbocycles. The standard InChI is InChI=1S/C10H12ClNO4S/c1-7(10(13)12-17(2,14)15)16-9-5-3-8(11)4-6-9/h3-7H,1-2H3,(H,12,13). The number of nitrogens with one attached hydrogen (secondary N) is 1. The second-order valence-corrected chi connectivity index (χ2v) is 5.64. The second-order valence-electron chi connectivity index (χ2n) is 3.45. The SMILES string of the molecule is CC(Oc1ccc(Cl)cc1)C(=O)NS(C)(=O)=O. The molecule has 1 aromatic carbocycles. The average molecular weight is 278 g/mol. The summed E-state index contributed by atoms with van der Waals surface area (Å²) in [5.74, 6) is -0.284. The number of halogens is 1. The van der Waals surface area contributed by atoms with Crippen LogP contribution < -0.4 is 9.46 Å². The summed E-state index contributed by atoms with van der Waals surface area (Å²) in [5, 5.41) is 0.547. The topological polar surface area (TPSA) is 72.5 Å². The Bertz CT molecular complexity index is 498. The van der Waals surface area contributed by atoms with E-state index in [1.165, 1.54) is 6.92 Å². The fourth-order valence-corrected chi connectivity index (χ4v) is 1.69. The molecule has 0 aromatic heterocycles. The molecule has 0 saturated heterocycles. The summed E-state index contributed by atoms with van der Waals surface area (Å²) in [7, 11) is -3.57. The largest absolute Gasteiger partial charge is 0.481 e. The van der Waals surface area contributed by atoms with Gasteiger partial charge in [-0.1, -0.05) is 11.6 Å². The molecular weight excluding hydrogens is 266 g/mol. The Balaban J connectivity index is 2.63. The Morgan fingerprint density at radius 2 is 1.88 bits per heavy atom. The molecule has 1 rings (SSSR count). The van der Waals surface area contributed by atoms with Crippen molar-refractivity contribution >= 4 is 27.5 Å². The van der Waals surface area contributed by atoms with Gasteiger partial charge in [-0.2, -0.15) is 0 Å². The minimum atomic E-state index is -3.57. The number of sulfonamides is 1. The first-order valence-electron chi connectivity index (χ1n) is 4.72. The molecule has 0 aliphatic rings. The van der Waals surface area contributed by atoms with E-state index in [4.69, 9.17) is 16.3 Å². The predicted octanol–water partition coefficient (Wildman–Crippen LogP) is 1.18. The maximum absolute atomic E-state index is 11.4. The number of carbonyl (C=O) groups excluding carboxylic acids is 1. The Labute approximate surface area is 105 Å². The molecule has 5 nitrogen and oxygen atoms in total. The number of benzene rings is 1. The lowest BCUT2D eigenvalue weighted by Crippen LogP contribution is -2.39. The van der Waals surface area contributed by atoms with Gasteiger partial charge in [0.2, 0.25) is 10.0 Å². The van der Waals surface area contributed by atoms with E-state index in [2.05, 4.69) is 0 Å². The number of carbonyl (C=O) groups is 1. The van der Waals surface area contributed by atoms with Gasteiger partial charge < -0.3 is 4.74 Å². The quantitative estimate of drug-likeness (QED) is 0.897. The molecule has 1 amide bonds. The number of rotatable bonds is 4. The minimum absolute atomic E-state index is 0.436. The smallest absolute Gasteiger partial charge is 0.274 e.